The van der Waals surface area contributed by atoms with Crippen molar-refractivity contribution in [3.63, 3.8) is 0 Å². The van der Waals surface area contributed by atoms with Gasteiger partial charge in [0.05, 0.1) is 33.9 Å². The molecule has 0 radical (unpaired) electrons. The van der Waals surface area contributed by atoms with Crippen molar-refractivity contribution in [2.45, 2.75) is 53.5 Å². The minimum atomic E-state index is -4.34. The summed E-state index contributed by atoms with van der Waals surface area (Å²) in [6.07, 6.45) is 0.557. The molecule has 2 aliphatic heterocycles. The van der Waals surface area contributed by atoms with Crippen molar-refractivity contribution < 1.29 is 30.4 Å². The summed E-state index contributed by atoms with van der Waals surface area (Å²) in [6, 6.07) is 8.56. The lowest BCUT2D eigenvalue weighted by Crippen LogP contribution is -2.63. The number of benzene rings is 2. The first-order valence-electron chi connectivity index (χ1n) is 11.4. The first-order valence-corrected chi connectivity index (χ1v) is 14.5. The molecule has 2 heterocycles. The third-order valence-corrected chi connectivity index (χ3v) is 12.5. The summed E-state index contributed by atoms with van der Waals surface area (Å²) >= 11 is 0. The summed E-state index contributed by atoms with van der Waals surface area (Å²) in [6.45, 7) is 1.55. The number of ether oxygens (including phenoxy) is 1. The Morgan fingerprint density at radius 3 is 2.51 bits per heavy atom. The molecule has 2 aromatic rings. The van der Waals surface area contributed by atoms with Gasteiger partial charge in [-0.1, -0.05) is 6.92 Å². The summed E-state index contributed by atoms with van der Waals surface area (Å²) in [4.78, 5) is -0.111. The highest BCUT2D eigenvalue weighted by molar-refractivity contribution is 7.92. The van der Waals surface area contributed by atoms with Crippen LogP contribution in [0.1, 0.15) is 43.7 Å². The monoisotopic (exact) mass is 522 g/mol. The van der Waals surface area contributed by atoms with Crippen LogP contribution < -0.4 is 9.46 Å². The zero-order valence-electron chi connectivity index (χ0n) is 18.9. The maximum Gasteiger partial charge on any atom is 0.214 e. The number of hydrogen-bond donors (Lipinski definition) is 1. The number of sulfonamides is 1. The molecule has 0 unspecified atom stereocenters. The predicted octanol–water partition coefficient (Wildman–Crippen LogP) is 3.39. The van der Waals surface area contributed by atoms with Crippen LogP contribution in [0, 0.1) is 34.8 Å². The van der Waals surface area contributed by atoms with Gasteiger partial charge in [-0.3, -0.25) is 0 Å². The molecular formula is C24H24F2N2O5S2. The normalized spacial score (nSPS) is 31.3. The predicted molar refractivity (Wildman–Crippen MR) is 123 cm³/mol. The van der Waals surface area contributed by atoms with Crippen LogP contribution in [-0.4, -0.2) is 34.7 Å². The second-order valence-electron chi connectivity index (χ2n) is 9.42. The third kappa shape index (κ3) is 3.41. The fourth-order valence-corrected chi connectivity index (χ4v) is 10.4. The zero-order chi connectivity index (χ0) is 25.2. The largest absolute Gasteiger partial charge is 0.490 e. The lowest BCUT2D eigenvalue weighted by atomic mass is 9.64. The second-order valence-corrected chi connectivity index (χ2v) is 13.6. The van der Waals surface area contributed by atoms with Gasteiger partial charge in [-0.15, -0.1) is 0 Å². The fourth-order valence-electron chi connectivity index (χ4n) is 6.19. The van der Waals surface area contributed by atoms with E-state index < -0.39 is 65.1 Å². The molecule has 35 heavy (non-hydrogen) atoms. The first kappa shape index (κ1) is 24.2. The van der Waals surface area contributed by atoms with E-state index in [0.29, 0.717) is 6.42 Å². The number of nitriles is 1. The van der Waals surface area contributed by atoms with Gasteiger partial charge in [0, 0.05) is 12.0 Å². The average molecular weight is 523 g/mol. The van der Waals surface area contributed by atoms with Gasteiger partial charge in [0.2, 0.25) is 10.0 Å². The Hall–Kier alpha value is -2.55. The highest BCUT2D eigenvalue weighted by Crippen LogP contribution is 2.59. The van der Waals surface area contributed by atoms with Gasteiger partial charge in [0.15, 0.2) is 21.4 Å². The van der Waals surface area contributed by atoms with Crippen molar-refractivity contribution in [3.8, 4) is 11.8 Å². The van der Waals surface area contributed by atoms with Crippen molar-refractivity contribution in [1.82, 2.24) is 4.72 Å². The summed E-state index contributed by atoms with van der Waals surface area (Å²) < 4.78 is 90.9. The molecule has 1 N–H and O–H groups in total. The number of fused-ring (bicyclic) bond motifs is 5. The van der Waals surface area contributed by atoms with Crippen molar-refractivity contribution in [1.29, 1.82) is 5.26 Å². The molecule has 1 saturated heterocycles. The molecule has 186 valence electrons. The van der Waals surface area contributed by atoms with Crippen LogP contribution in [0.25, 0.3) is 0 Å². The molecule has 11 heteroatoms. The Balaban J connectivity index is 1.75. The van der Waals surface area contributed by atoms with Crippen LogP contribution >= 0.6 is 0 Å². The first-order chi connectivity index (χ1) is 16.6. The van der Waals surface area contributed by atoms with E-state index in [-0.39, 0.29) is 41.9 Å². The summed E-state index contributed by atoms with van der Waals surface area (Å²) in [7, 11) is -7.92. The Labute approximate surface area is 203 Å². The van der Waals surface area contributed by atoms with Crippen molar-refractivity contribution in [2.24, 2.45) is 11.8 Å². The van der Waals surface area contributed by atoms with E-state index in [2.05, 4.69) is 4.72 Å². The Kier molecular flexibility index (Phi) is 5.69. The molecule has 2 fully saturated rings. The molecule has 7 nitrogen and oxygen atoms in total. The Bertz CT molecular complexity index is 1440. The summed E-state index contributed by atoms with van der Waals surface area (Å²) in [5, 5.41) is 8.39. The SMILES string of the molecule is CC[C@@H]1C[C@@H]2[C@@H](CC[C@@]3(S(=O)(=O)c4ccc(C#N)cc4)c4c(F)ccc(F)c4OC[C@@H]23)NS1(=O)=O. The number of halogens is 2. The number of rotatable bonds is 3. The molecule has 1 aliphatic carbocycles. The van der Waals surface area contributed by atoms with Gasteiger partial charge in [0.1, 0.15) is 10.6 Å². The Morgan fingerprint density at radius 2 is 1.86 bits per heavy atom. The van der Waals surface area contributed by atoms with E-state index in [1.54, 1.807) is 6.92 Å². The second kappa shape index (κ2) is 8.25. The number of nitrogens with one attached hydrogen (secondary N) is 1. The van der Waals surface area contributed by atoms with E-state index >= 15 is 4.39 Å². The van der Waals surface area contributed by atoms with Crippen LogP contribution in [0.15, 0.2) is 41.3 Å². The topological polar surface area (TPSA) is 113 Å². The maximum absolute atomic E-state index is 15.5. The van der Waals surface area contributed by atoms with E-state index in [0.717, 1.165) is 12.1 Å². The highest BCUT2D eigenvalue weighted by atomic mass is 32.2. The van der Waals surface area contributed by atoms with Crippen LogP contribution in [0.2, 0.25) is 0 Å². The molecule has 0 aromatic heterocycles. The van der Waals surface area contributed by atoms with E-state index in [1.165, 1.54) is 24.3 Å². The standard InChI is InChI=1S/C24H24F2N2O5S2/c1-2-15-11-17-18-13-33-23-20(26)8-7-19(25)22(23)24(18,10-9-21(17)28-35(15,31)32)34(29,30)16-5-3-14(12-27)4-6-16/h3-8,15,17-18,21,28H,2,9-11,13H2,1H3/t15-,17+,18+,21-,24+/m1/s1. The van der Waals surface area contributed by atoms with Crippen molar-refractivity contribution in [2.75, 3.05) is 6.61 Å². The minimum Gasteiger partial charge on any atom is -0.490 e. The minimum absolute atomic E-state index is 0.111. The third-order valence-electron chi connectivity index (χ3n) is 7.87. The van der Waals surface area contributed by atoms with Crippen LogP contribution in [0.5, 0.6) is 5.75 Å². The van der Waals surface area contributed by atoms with Gasteiger partial charge >= 0.3 is 0 Å². The molecule has 1 saturated carbocycles. The Morgan fingerprint density at radius 1 is 1.17 bits per heavy atom. The molecule has 0 amide bonds. The maximum atomic E-state index is 15.5. The number of hydrogen-bond acceptors (Lipinski definition) is 6. The smallest absolute Gasteiger partial charge is 0.214 e. The number of nitrogens with zero attached hydrogens (tertiary/aromatic N) is 1. The van der Waals surface area contributed by atoms with Gasteiger partial charge in [-0.25, -0.2) is 30.3 Å². The summed E-state index contributed by atoms with van der Waals surface area (Å²) in [5.74, 6) is -3.43. The van der Waals surface area contributed by atoms with Crippen LogP contribution in [0.4, 0.5) is 8.78 Å². The molecule has 3 aliphatic rings. The van der Waals surface area contributed by atoms with Crippen LogP contribution in [-0.2, 0) is 24.6 Å². The number of sulfone groups is 1. The molecule has 0 bridgehead atoms. The lowest BCUT2D eigenvalue weighted by molar-refractivity contribution is 0.0491. The van der Waals surface area contributed by atoms with Gasteiger partial charge in [-0.2, -0.15) is 5.26 Å². The van der Waals surface area contributed by atoms with Crippen molar-refractivity contribution in [3.05, 3.63) is 59.2 Å². The lowest BCUT2D eigenvalue weighted by Gasteiger charge is -2.54. The van der Waals surface area contributed by atoms with Gasteiger partial charge in [0.25, 0.3) is 0 Å². The van der Waals surface area contributed by atoms with Crippen LogP contribution in [0.3, 0.4) is 0 Å². The van der Waals surface area contributed by atoms with Crippen molar-refractivity contribution >= 4 is 19.9 Å². The molecule has 5 atom stereocenters. The fraction of sp³-hybridized carbons (Fsp3) is 0.458. The molecular weight excluding hydrogens is 498 g/mol. The molecule has 2 aromatic carbocycles. The van der Waals surface area contributed by atoms with E-state index in [4.69, 9.17) is 10.00 Å². The quantitative estimate of drug-likeness (QED) is 0.661. The van der Waals surface area contributed by atoms with E-state index in [9.17, 15) is 21.2 Å². The molecule has 0 spiro atoms. The summed E-state index contributed by atoms with van der Waals surface area (Å²) in [5.41, 5.74) is -0.0724. The zero-order valence-corrected chi connectivity index (χ0v) is 20.5. The molecule has 5 rings (SSSR count). The average Bonchev–Trinajstić information content (AvgIpc) is 2.84. The van der Waals surface area contributed by atoms with Gasteiger partial charge in [-0.05, 0) is 68.0 Å². The van der Waals surface area contributed by atoms with Gasteiger partial charge < -0.3 is 4.74 Å². The van der Waals surface area contributed by atoms with E-state index in [1.807, 2.05) is 6.07 Å². The highest BCUT2D eigenvalue weighted by Gasteiger charge is 2.64.